The predicted octanol–water partition coefficient (Wildman–Crippen LogP) is 0.544. The van der Waals surface area contributed by atoms with Gasteiger partial charge in [-0.05, 0) is 0 Å². The van der Waals surface area contributed by atoms with Gasteiger partial charge in [-0.15, -0.1) is 0 Å². The van der Waals surface area contributed by atoms with Crippen LogP contribution in [0.3, 0.4) is 0 Å². The third-order valence-corrected chi connectivity index (χ3v) is 2.65. The molecule has 10 nitrogen and oxygen atoms in total. The minimum Gasteiger partial charge on any atom is -0.475 e. The van der Waals surface area contributed by atoms with Gasteiger partial charge in [-0.2, -0.15) is 0 Å². The summed E-state index contributed by atoms with van der Waals surface area (Å²) in [5, 5.41) is 13.7. The van der Waals surface area contributed by atoms with Crippen molar-refractivity contribution in [2.75, 3.05) is 32.7 Å². The number of esters is 2. The molecule has 0 aliphatic heterocycles. The highest BCUT2D eigenvalue weighted by Gasteiger charge is 2.24. The summed E-state index contributed by atoms with van der Waals surface area (Å²) < 4.78 is 14.0. The maximum absolute atomic E-state index is 11.7. The molecule has 0 heterocycles. The quantitative estimate of drug-likeness (QED) is 0.314. The first-order valence-electron chi connectivity index (χ1n) is 6.22. The number of rotatable bonds is 8. The van der Waals surface area contributed by atoms with Crippen molar-refractivity contribution in [3.05, 3.63) is 27.8 Å². The molecule has 1 aromatic carbocycles. The molecule has 0 radical (unpaired) electrons. The molecule has 0 aliphatic rings. The van der Waals surface area contributed by atoms with E-state index < -0.39 is 29.2 Å². The molecule has 0 atom stereocenters. The molecule has 0 aliphatic carbocycles. The van der Waals surface area contributed by atoms with Crippen molar-refractivity contribution < 1.29 is 33.5 Å². The van der Waals surface area contributed by atoms with Gasteiger partial charge >= 0.3 is 17.6 Å². The highest BCUT2D eigenvalue weighted by molar-refractivity contribution is 5.97. The number of carbonyl (C=O) groups is 3. The maximum Gasteiger partial charge on any atom is 0.343 e. The van der Waals surface area contributed by atoms with Crippen molar-refractivity contribution in [3.8, 4) is 5.75 Å². The van der Waals surface area contributed by atoms with Crippen molar-refractivity contribution in [1.29, 1.82) is 0 Å². The molecule has 1 aromatic rings. The van der Waals surface area contributed by atoms with Crippen LogP contribution in [0.2, 0.25) is 0 Å². The highest BCUT2D eigenvalue weighted by atomic mass is 16.6. The molecular weight excluding hydrogens is 312 g/mol. The van der Waals surface area contributed by atoms with Gasteiger partial charge in [0, 0.05) is 12.1 Å². The van der Waals surface area contributed by atoms with Gasteiger partial charge in [0.1, 0.15) is 6.29 Å². The summed E-state index contributed by atoms with van der Waals surface area (Å²) in [6.45, 7) is -0.694. The third kappa shape index (κ3) is 4.66. The number of anilines is 1. The molecule has 23 heavy (non-hydrogen) atoms. The summed E-state index contributed by atoms with van der Waals surface area (Å²) in [6, 6.07) is 2.07. The van der Waals surface area contributed by atoms with E-state index in [1.54, 1.807) is 0 Å². The van der Waals surface area contributed by atoms with E-state index in [1.807, 2.05) is 0 Å². The Labute approximate surface area is 130 Å². The fourth-order valence-electron chi connectivity index (χ4n) is 1.60. The molecule has 10 heteroatoms. The predicted molar refractivity (Wildman–Crippen MR) is 76.5 cm³/mol. The van der Waals surface area contributed by atoms with Crippen LogP contribution in [0.5, 0.6) is 5.75 Å². The first-order chi connectivity index (χ1) is 10.9. The number of nitrogens with zero attached hydrogens (tertiary/aromatic N) is 1. The van der Waals surface area contributed by atoms with Crippen LogP contribution in [0, 0.1) is 10.1 Å². The molecule has 124 valence electrons. The molecule has 0 fully saturated rings. The lowest BCUT2D eigenvalue weighted by Gasteiger charge is -2.12. The zero-order valence-corrected chi connectivity index (χ0v) is 12.4. The number of hydrogen-bond donors (Lipinski definition) is 1. The van der Waals surface area contributed by atoms with Crippen molar-refractivity contribution >= 4 is 29.6 Å². The standard InChI is InChI=1S/C13H14N2O8/c1-21-12(17)7-23-11-6-9(14-3-4-16)8(13(18)22-2)5-10(11)15(19)20/h4-6,14H,3,7H2,1-2H3. The summed E-state index contributed by atoms with van der Waals surface area (Å²) in [4.78, 5) is 43.6. The molecule has 0 unspecified atom stereocenters. The van der Waals surface area contributed by atoms with Crippen LogP contribution >= 0.6 is 0 Å². The van der Waals surface area contributed by atoms with E-state index in [0.29, 0.717) is 6.29 Å². The Morgan fingerprint density at radius 1 is 1.30 bits per heavy atom. The van der Waals surface area contributed by atoms with Gasteiger partial charge in [-0.3, -0.25) is 10.1 Å². The monoisotopic (exact) mass is 326 g/mol. The second-order valence-corrected chi connectivity index (χ2v) is 4.03. The largest absolute Gasteiger partial charge is 0.475 e. The average Bonchev–Trinajstić information content (AvgIpc) is 2.56. The molecular formula is C13H14N2O8. The van der Waals surface area contributed by atoms with Gasteiger partial charge in [0.05, 0.1) is 36.9 Å². The smallest absolute Gasteiger partial charge is 0.343 e. The summed E-state index contributed by atoms with van der Waals surface area (Å²) in [7, 11) is 2.25. The van der Waals surface area contributed by atoms with Crippen LogP contribution in [0.15, 0.2) is 12.1 Å². The van der Waals surface area contributed by atoms with Gasteiger partial charge in [-0.25, -0.2) is 9.59 Å². The number of nitrogens with one attached hydrogen (secondary N) is 1. The first-order valence-corrected chi connectivity index (χ1v) is 6.22. The topological polar surface area (TPSA) is 134 Å². The van der Waals surface area contributed by atoms with E-state index in [1.165, 1.54) is 0 Å². The van der Waals surface area contributed by atoms with E-state index in [-0.39, 0.29) is 23.5 Å². The number of nitro groups is 1. The minimum atomic E-state index is -0.832. The fourth-order valence-corrected chi connectivity index (χ4v) is 1.60. The molecule has 1 N–H and O–H groups in total. The second-order valence-electron chi connectivity index (χ2n) is 4.03. The van der Waals surface area contributed by atoms with Crippen LogP contribution in [0.1, 0.15) is 10.4 Å². The van der Waals surface area contributed by atoms with Crippen LogP contribution in [-0.2, 0) is 19.1 Å². The number of aldehydes is 1. The third-order valence-electron chi connectivity index (χ3n) is 2.65. The van der Waals surface area contributed by atoms with E-state index in [4.69, 9.17) is 4.74 Å². The molecule has 0 saturated carbocycles. The Hall–Kier alpha value is -3.17. The van der Waals surface area contributed by atoms with Crippen molar-refractivity contribution in [1.82, 2.24) is 0 Å². The Kier molecular flexibility index (Phi) is 6.46. The summed E-state index contributed by atoms with van der Waals surface area (Å²) in [5.41, 5.74) is -0.591. The van der Waals surface area contributed by atoms with Gasteiger partial charge in [-0.1, -0.05) is 0 Å². The fraction of sp³-hybridized carbons (Fsp3) is 0.308. The lowest BCUT2D eigenvalue weighted by molar-refractivity contribution is -0.385. The van der Waals surface area contributed by atoms with Gasteiger partial charge < -0.3 is 24.3 Å². The number of carbonyl (C=O) groups excluding carboxylic acids is 3. The maximum atomic E-state index is 11.7. The highest BCUT2D eigenvalue weighted by Crippen LogP contribution is 2.33. The van der Waals surface area contributed by atoms with Crippen molar-refractivity contribution in [2.24, 2.45) is 0 Å². The minimum absolute atomic E-state index is 0.0921. The zero-order chi connectivity index (χ0) is 17.4. The Morgan fingerprint density at radius 2 is 2.00 bits per heavy atom. The van der Waals surface area contributed by atoms with E-state index in [9.17, 15) is 24.5 Å². The molecule has 0 bridgehead atoms. The van der Waals surface area contributed by atoms with Crippen LogP contribution in [-0.4, -0.2) is 50.5 Å². The molecule has 0 saturated heterocycles. The number of methoxy groups -OCH3 is 2. The number of ether oxygens (including phenoxy) is 3. The number of nitro benzene ring substituents is 1. The lowest BCUT2D eigenvalue weighted by atomic mass is 10.1. The van der Waals surface area contributed by atoms with Gasteiger partial charge in [0.2, 0.25) is 0 Å². The van der Waals surface area contributed by atoms with E-state index in [2.05, 4.69) is 14.8 Å². The SMILES string of the molecule is COC(=O)COc1cc(NCC=O)c(C(=O)OC)cc1[N+](=O)[O-]. The lowest BCUT2D eigenvalue weighted by Crippen LogP contribution is -2.15. The molecule has 0 aromatic heterocycles. The van der Waals surface area contributed by atoms with Crippen molar-refractivity contribution in [3.63, 3.8) is 0 Å². The first kappa shape index (κ1) is 17.9. The molecule has 0 amide bonds. The molecule has 0 spiro atoms. The van der Waals surface area contributed by atoms with Crippen molar-refractivity contribution in [2.45, 2.75) is 0 Å². The summed E-state index contributed by atoms with van der Waals surface area (Å²) >= 11 is 0. The van der Waals surface area contributed by atoms with Gasteiger partial charge in [0.25, 0.3) is 0 Å². The van der Waals surface area contributed by atoms with Crippen LogP contribution in [0.4, 0.5) is 11.4 Å². The average molecular weight is 326 g/mol. The number of benzene rings is 1. The van der Waals surface area contributed by atoms with Gasteiger partial charge in [0.15, 0.2) is 12.4 Å². The Bertz CT molecular complexity index is 629. The summed E-state index contributed by atoms with van der Waals surface area (Å²) in [5.74, 6) is -1.83. The number of hydrogen-bond acceptors (Lipinski definition) is 9. The van der Waals surface area contributed by atoms with E-state index >= 15 is 0 Å². The van der Waals surface area contributed by atoms with Crippen LogP contribution < -0.4 is 10.1 Å². The second kappa shape index (κ2) is 8.32. The Morgan fingerprint density at radius 3 is 2.52 bits per heavy atom. The summed E-state index contributed by atoms with van der Waals surface area (Å²) in [6.07, 6.45) is 0.539. The normalized spacial score (nSPS) is 9.65. The van der Waals surface area contributed by atoms with E-state index in [0.717, 1.165) is 26.4 Å². The van der Waals surface area contributed by atoms with Crippen LogP contribution in [0.25, 0.3) is 0 Å². The zero-order valence-electron chi connectivity index (χ0n) is 12.4. The molecule has 1 rings (SSSR count). The Balaban J connectivity index is 3.30.